The zero-order valence-electron chi connectivity index (χ0n) is 17.9. The van der Waals surface area contributed by atoms with E-state index in [0.717, 1.165) is 18.4 Å². The molecule has 1 unspecified atom stereocenters. The minimum atomic E-state index is -0.175. The van der Waals surface area contributed by atoms with Crippen LogP contribution in [-0.2, 0) is 0 Å². The summed E-state index contributed by atoms with van der Waals surface area (Å²) in [7, 11) is 0. The SMILES string of the molecule is C/C=C/C=C\C=C(/CCC(C)C)C1(C)CC(c2ccc(F)cc2)=CC1(C)C. The fourth-order valence-electron chi connectivity index (χ4n) is 3.97. The smallest absolute Gasteiger partial charge is 0.123 e. The summed E-state index contributed by atoms with van der Waals surface area (Å²) in [5.74, 6) is 0.511. The van der Waals surface area contributed by atoms with Crippen LogP contribution in [0.5, 0.6) is 0 Å². The molecule has 1 aliphatic rings. The summed E-state index contributed by atoms with van der Waals surface area (Å²) in [6, 6.07) is 6.95. The second-order valence-corrected chi connectivity index (χ2v) is 8.94. The van der Waals surface area contributed by atoms with Crippen molar-refractivity contribution in [3.8, 4) is 0 Å². The average Bonchev–Trinajstić information content (AvgIpc) is 2.85. The van der Waals surface area contributed by atoms with Gasteiger partial charge in [0.2, 0.25) is 0 Å². The van der Waals surface area contributed by atoms with Gasteiger partial charge in [-0.1, -0.05) is 88.8 Å². The first kappa shape index (κ1) is 21.4. The lowest BCUT2D eigenvalue weighted by Crippen LogP contribution is -2.32. The van der Waals surface area contributed by atoms with E-state index < -0.39 is 0 Å². The zero-order chi connectivity index (χ0) is 20.1. The number of benzene rings is 1. The van der Waals surface area contributed by atoms with Crippen LogP contribution in [0.4, 0.5) is 4.39 Å². The predicted octanol–water partition coefficient (Wildman–Crippen LogP) is 8.14. The summed E-state index contributed by atoms with van der Waals surface area (Å²) >= 11 is 0. The number of hydrogen-bond acceptors (Lipinski definition) is 0. The average molecular weight is 367 g/mol. The minimum absolute atomic E-state index is 0.0496. The van der Waals surface area contributed by atoms with Gasteiger partial charge in [0.25, 0.3) is 0 Å². The van der Waals surface area contributed by atoms with E-state index >= 15 is 0 Å². The van der Waals surface area contributed by atoms with E-state index in [1.165, 1.54) is 17.6 Å². The van der Waals surface area contributed by atoms with Gasteiger partial charge in [-0.3, -0.25) is 0 Å². The van der Waals surface area contributed by atoms with Gasteiger partial charge >= 0.3 is 0 Å². The van der Waals surface area contributed by atoms with Crippen LogP contribution in [0.3, 0.4) is 0 Å². The van der Waals surface area contributed by atoms with Gasteiger partial charge in [-0.2, -0.15) is 0 Å². The number of hydrogen-bond donors (Lipinski definition) is 0. The summed E-state index contributed by atoms with van der Waals surface area (Å²) < 4.78 is 13.3. The van der Waals surface area contributed by atoms with Gasteiger partial charge in [-0.25, -0.2) is 4.39 Å². The molecule has 0 aliphatic heterocycles. The largest absolute Gasteiger partial charge is 0.207 e. The number of allylic oxidation sites excluding steroid dienone is 8. The van der Waals surface area contributed by atoms with Gasteiger partial charge in [0, 0.05) is 5.41 Å². The first-order chi connectivity index (χ1) is 12.7. The summed E-state index contributed by atoms with van der Waals surface area (Å²) in [5, 5.41) is 0. The first-order valence-electron chi connectivity index (χ1n) is 10.2. The molecule has 0 bridgehead atoms. The van der Waals surface area contributed by atoms with Crippen molar-refractivity contribution in [3.63, 3.8) is 0 Å². The number of rotatable bonds is 7. The Hall–Kier alpha value is -1.89. The lowest BCUT2D eigenvalue weighted by atomic mass is 9.63. The van der Waals surface area contributed by atoms with E-state index in [1.807, 2.05) is 25.1 Å². The van der Waals surface area contributed by atoms with Crippen molar-refractivity contribution in [1.82, 2.24) is 0 Å². The second-order valence-electron chi connectivity index (χ2n) is 8.94. The number of halogens is 1. The normalized spacial score (nSPS) is 23.0. The maximum atomic E-state index is 13.3. The Morgan fingerprint density at radius 3 is 2.33 bits per heavy atom. The van der Waals surface area contributed by atoms with Gasteiger partial charge in [-0.15, -0.1) is 0 Å². The Kier molecular flexibility index (Phi) is 7.03. The minimum Gasteiger partial charge on any atom is -0.207 e. The van der Waals surface area contributed by atoms with Crippen molar-refractivity contribution < 1.29 is 4.39 Å². The molecule has 0 spiro atoms. The Morgan fingerprint density at radius 1 is 1.07 bits per heavy atom. The molecule has 0 saturated carbocycles. The molecule has 1 aromatic carbocycles. The van der Waals surface area contributed by atoms with E-state index in [9.17, 15) is 4.39 Å². The second kappa shape index (κ2) is 8.87. The van der Waals surface area contributed by atoms with E-state index in [4.69, 9.17) is 0 Å². The molecule has 1 aromatic rings. The molecule has 2 rings (SSSR count). The molecule has 0 aromatic heterocycles. The van der Waals surface area contributed by atoms with Crippen molar-refractivity contribution in [1.29, 1.82) is 0 Å². The van der Waals surface area contributed by atoms with Crippen molar-refractivity contribution in [2.75, 3.05) is 0 Å². The lowest BCUT2D eigenvalue weighted by molar-refractivity contribution is 0.206. The molecule has 0 radical (unpaired) electrons. The summed E-state index contributed by atoms with van der Waals surface area (Å²) in [5.41, 5.74) is 4.09. The molecule has 0 fully saturated rings. The first-order valence-corrected chi connectivity index (χ1v) is 10.2. The highest BCUT2D eigenvalue weighted by atomic mass is 19.1. The van der Waals surface area contributed by atoms with Crippen LogP contribution in [-0.4, -0.2) is 0 Å². The van der Waals surface area contributed by atoms with Crippen molar-refractivity contribution in [3.05, 3.63) is 77.7 Å². The Bertz CT molecular complexity index is 741. The zero-order valence-corrected chi connectivity index (χ0v) is 17.9. The van der Waals surface area contributed by atoms with Crippen LogP contribution < -0.4 is 0 Å². The summed E-state index contributed by atoms with van der Waals surface area (Å²) in [6.45, 7) is 13.7. The molecule has 0 heterocycles. The molecule has 0 N–H and O–H groups in total. The highest BCUT2D eigenvalue weighted by Gasteiger charge is 2.46. The van der Waals surface area contributed by atoms with Crippen LogP contribution in [0.15, 0.2) is 66.3 Å². The Balaban J connectivity index is 2.37. The van der Waals surface area contributed by atoms with Crippen molar-refractivity contribution >= 4 is 5.57 Å². The lowest BCUT2D eigenvalue weighted by Gasteiger charge is -2.41. The van der Waals surface area contributed by atoms with E-state index in [0.29, 0.717) is 5.92 Å². The molecule has 27 heavy (non-hydrogen) atoms. The highest BCUT2D eigenvalue weighted by Crippen LogP contribution is 2.58. The monoisotopic (exact) mass is 366 g/mol. The van der Waals surface area contributed by atoms with Crippen LogP contribution in [0.2, 0.25) is 0 Å². The quantitative estimate of drug-likeness (QED) is 0.427. The molecule has 0 nitrogen and oxygen atoms in total. The third-order valence-electron chi connectivity index (χ3n) is 6.13. The Morgan fingerprint density at radius 2 is 1.74 bits per heavy atom. The maximum Gasteiger partial charge on any atom is 0.123 e. The van der Waals surface area contributed by atoms with Gasteiger partial charge < -0.3 is 0 Å². The van der Waals surface area contributed by atoms with Crippen LogP contribution in [0.1, 0.15) is 66.4 Å². The van der Waals surface area contributed by atoms with E-state index in [1.54, 1.807) is 12.1 Å². The molecular weight excluding hydrogens is 331 g/mol. The maximum absolute atomic E-state index is 13.3. The van der Waals surface area contributed by atoms with Gasteiger partial charge in [0.05, 0.1) is 0 Å². The molecule has 0 amide bonds. The van der Waals surface area contributed by atoms with Gasteiger partial charge in [-0.05, 0) is 60.8 Å². The Labute approximate surface area is 165 Å². The molecule has 1 aliphatic carbocycles. The third-order valence-corrected chi connectivity index (χ3v) is 6.13. The fourth-order valence-corrected chi connectivity index (χ4v) is 3.97. The third kappa shape index (κ3) is 5.09. The van der Waals surface area contributed by atoms with Crippen LogP contribution >= 0.6 is 0 Å². The highest BCUT2D eigenvalue weighted by molar-refractivity contribution is 5.70. The summed E-state index contributed by atoms with van der Waals surface area (Å²) in [4.78, 5) is 0. The van der Waals surface area contributed by atoms with Crippen molar-refractivity contribution in [2.45, 2.75) is 60.8 Å². The molecule has 146 valence electrons. The van der Waals surface area contributed by atoms with E-state index in [2.05, 4.69) is 65.0 Å². The molecular formula is C26H35F. The fraction of sp³-hybridized carbons (Fsp3) is 0.462. The standard InChI is InChI=1S/C26H35F/c1-7-8-9-10-11-23(15-12-20(2)3)26(6)19-22(18-25(26,4)5)21-13-16-24(27)17-14-21/h7-11,13-14,16-18,20H,12,15,19H2,1-6H3/b8-7+,10-9-,23-11+. The van der Waals surface area contributed by atoms with Crippen LogP contribution in [0, 0.1) is 22.6 Å². The van der Waals surface area contributed by atoms with Gasteiger partial charge in [0.15, 0.2) is 0 Å². The topological polar surface area (TPSA) is 0 Å². The van der Waals surface area contributed by atoms with Gasteiger partial charge in [0.1, 0.15) is 5.82 Å². The molecule has 1 atom stereocenters. The summed E-state index contributed by atoms with van der Waals surface area (Å²) in [6.07, 6.45) is 16.4. The van der Waals surface area contributed by atoms with E-state index in [-0.39, 0.29) is 16.6 Å². The molecule has 0 saturated heterocycles. The predicted molar refractivity (Wildman–Crippen MR) is 117 cm³/mol. The molecule has 1 heteroatoms. The van der Waals surface area contributed by atoms with Crippen LogP contribution in [0.25, 0.3) is 5.57 Å². The van der Waals surface area contributed by atoms with Crippen molar-refractivity contribution in [2.24, 2.45) is 16.7 Å².